The van der Waals surface area contributed by atoms with Gasteiger partial charge in [0.1, 0.15) is 0 Å². The van der Waals surface area contributed by atoms with Crippen molar-refractivity contribution in [1.29, 1.82) is 0 Å². The minimum atomic E-state index is -0.983. The molecular formula is C18H17N5O3. The Bertz CT molecular complexity index is 894. The van der Waals surface area contributed by atoms with E-state index in [-0.39, 0.29) is 12.2 Å². The molecule has 1 aromatic heterocycles. The smallest absolute Gasteiger partial charge is 0.339 e. The van der Waals surface area contributed by atoms with Crippen LogP contribution in [0.2, 0.25) is 0 Å². The fourth-order valence-electron chi connectivity index (χ4n) is 2.35. The molecule has 0 unspecified atom stereocenters. The number of carbonyl (C=O) groups is 2. The van der Waals surface area contributed by atoms with Crippen LogP contribution in [-0.2, 0) is 11.2 Å². The van der Waals surface area contributed by atoms with E-state index in [0.717, 1.165) is 5.69 Å². The van der Waals surface area contributed by atoms with Gasteiger partial charge in [-0.1, -0.05) is 36.4 Å². The van der Waals surface area contributed by atoms with Crippen LogP contribution in [0.25, 0.3) is 5.69 Å². The number of rotatable bonds is 6. The molecule has 0 bridgehead atoms. The molecule has 2 amide bonds. The number of carbonyl (C=O) groups excluding carboxylic acids is 1. The Hall–Kier alpha value is -3.81. The number of hydrogen-bond donors (Lipinski definition) is 4. The maximum atomic E-state index is 12.0. The highest BCUT2D eigenvalue weighted by atomic mass is 16.4. The summed E-state index contributed by atoms with van der Waals surface area (Å²) in [6.07, 6.45) is -0.215. The van der Waals surface area contributed by atoms with Crippen LogP contribution in [0.3, 0.4) is 0 Å². The summed E-state index contributed by atoms with van der Waals surface area (Å²) >= 11 is 0. The van der Waals surface area contributed by atoms with Crippen molar-refractivity contribution in [2.75, 3.05) is 10.7 Å². The van der Waals surface area contributed by atoms with E-state index in [1.807, 2.05) is 36.4 Å². The zero-order valence-electron chi connectivity index (χ0n) is 13.7. The third-order valence-corrected chi connectivity index (χ3v) is 3.45. The zero-order chi connectivity index (χ0) is 18.4. The predicted molar refractivity (Wildman–Crippen MR) is 97.1 cm³/mol. The standard InChI is InChI=1S/C18H17N5O3/c24-17(25)12-15-11-16(22-23(15)14-9-5-2-6-10-14)19-18(26)21-20-13-7-3-1-4-8-13/h1-11,20H,12H2,(H,24,25)(H2,19,21,22,26). The summed E-state index contributed by atoms with van der Waals surface area (Å²) in [4.78, 5) is 23.1. The van der Waals surface area contributed by atoms with Crippen molar-refractivity contribution in [3.05, 3.63) is 72.4 Å². The first-order chi connectivity index (χ1) is 12.6. The van der Waals surface area contributed by atoms with E-state index in [0.29, 0.717) is 11.4 Å². The number of urea groups is 1. The number of carboxylic acid groups (broad SMARTS) is 1. The van der Waals surface area contributed by atoms with Crippen LogP contribution >= 0.6 is 0 Å². The van der Waals surface area contributed by atoms with Gasteiger partial charge in [-0.2, -0.15) is 0 Å². The number of hydrazine groups is 1. The molecule has 0 aliphatic carbocycles. The van der Waals surface area contributed by atoms with E-state index in [1.165, 1.54) is 10.7 Å². The fraction of sp³-hybridized carbons (Fsp3) is 0.0556. The van der Waals surface area contributed by atoms with Gasteiger partial charge in [0, 0.05) is 6.07 Å². The average Bonchev–Trinajstić information content (AvgIpc) is 3.03. The summed E-state index contributed by atoms with van der Waals surface area (Å²) in [6, 6.07) is 19.3. The summed E-state index contributed by atoms with van der Waals surface area (Å²) in [5.74, 6) is -0.735. The van der Waals surface area contributed by atoms with Crippen molar-refractivity contribution in [2.24, 2.45) is 0 Å². The quantitative estimate of drug-likeness (QED) is 0.511. The third-order valence-electron chi connectivity index (χ3n) is 3.45. The molecule has 0 aliphatic rings. The molecule has 0 saturated carbocycles. The Morgan fingerprint density at radius 3 is 2.31 bits per heavy atom. The van der Waals surface area contributed by atoms with Crippen molar-refractivity contribution in [2.45, 2.75) is 6.42 Å². The maximum Gasteiger partial charge on any atom is 0.339 e. The van der Waals surface area contributed by atoms with Crippen molar-refractivity contribution in [3.8, 4) is 5.69 Å². The number of carboxylic acids is 1. The summed E-state index contributed by atoms with van der Waals surface area (Å²) in [6.45, 7) is 0. The van der Waals surface area contributed by atoms with E-state index >= 15 is 0 Å². The average molecular weight is 351 g/mol. The number of aliphatic carboxylic acids is 1. The first-order valence-electron chi connectivity index (χ1n) is 7.86. The molecule has 26 heavy (non-hydrogen) atoms. The lowest BCUT2D eigenvalue weighted by atomic mass is 10.2. The van der Waals surface area contributed by atoms with Gasteiger partial charge in [-0.3, -0.25) is 21.0 Å². The number of amides is 2. The van der Waals surface area contributed by atoms with Crippen LogP contribution in [0, 0.1) is 0 Å². The Balaban J connectivity index is 1.72. The molecule has 1 heterocycles. The van der Waals surface area contributed by atoms with Crippen LogP contribution in [-0.4, -0.2) is 26.9 Å². The summed E-state index contributed by atoms with van der Waals surface area (Å²) in [7, 11) is 0. The van der Waals surface area contributed by atoms with Gasteiger partial charge in [0.05, 0.1) is 23.5 Å². The molecule has 3 aromatic rings. The number of nitrogens with zero attached hydrogens (tertiary/aromatic N) is 2. The van der Waals surface area contributed by atoms with E-state index in [2.05, 4.69) is 21.3 Å². The van der Waals surface area contributed by atoms with Crippen molar-refractivity contribution in [1.82, 2.24) is 15.2 Å². The molecule has 0 spiro atoms. The molecule has 3 rings (SSSR count). The Kier molecular flexibility index (Phi) is 5.14. The first-order valence-corrected chi connectivity index (χ1v) is 7.86. The minimum absolute atomic E-state index is 0.215. The molecule has 8 nitrogen and oxygen atoms in total. The molecule has 132 valence electrons. The second kappa shape index (κ2) is 7.84. The molecule has 8 heteroatoms. The van der Waals surface area contributed by atoms with E-state index in [9.17, 15) is 9.59 Å². The van der Waals surface area contributed by atoms with E-state index in [4.69, 9.17) is 5.11 Å². The lowest BCUT2D eigenvalue weighted by Gasteiger charge is -2.08. The third kappa shape index (κ3) is 4.38. The summed E-state index contributed by atoms with van der Waals surface area (Å²) < 4.78 is 1.49. The maximum absolute atomic E-state index is 12.0. The normalized spacial score (nSPS) is 10.2. The monoisotopic (exact) mass is 351 g/mol. The molecule has 2 aromatic carbocycles. The number of benzene rings is 2. The van der Waals surface area contributed by atoms with Gasteiger partial charge in [-0.05, 0) is 24.3 Å². The molecule has 4 N–H and O–H groups in total. The highest BCUT2D eigenvalue weighted by Gasteiger charge is 2.14. The molecule has 0 saturated heterocycles. The Labute approximate surface area is 149 Å². The topological polar surface area (TPSA) is 108 Å². The zero-order valence-corrected chi connectivity index (χ0v) is 13.7. The van der Waals surface area contributed by atoms with E-state index < -0.39 is 12.0 Å². The van der Waals surface area contributed by atoms with Crippen LogP contribution < -0.4 is 16.2 Å². The van der Waals surface area contributed by atoms with Crippen molar-refractivity contribution < 1.29 is 14.7 Å². The van der Waals surface area contributed by atoms with Gasteiger partial charge in [0.25, 0.3) is 0 Å². The number of aromatic nitrogens is 2. The minimum Gasteiger partial charge on any atom is -0.481 e. The molecular weight excluding hydrogens is 334 g/mol. The fourth-order valence-corrected chi connectivity index (χ4v) is 2.35. The lowest BCUT2D eigenvalue weighted by Crippen LogP contribution is -2.33. The molecule has 0 radical (unpaired) electrons. The van der Waals surface area contributed by atoms with Gasteiger partial charge in [0.2, 0.25) is 0 Å². The number of nitrogens with one attached hydrogen (secondary N) is 3. The van der Waals surface area contributed by atoms with E-state index in [1.54, 1.807) is 24.3 Å². The van der Waals surface area contributed by atoms with Crippen molar-refractivity contribution in [3.63, 3.8) is 0 Å². The van der Waals surface area contributed by atoms with Gasteiger partial charge >= 0.3 is 12.0 Å². The largest absolute Gasteiger partial charge is 0.481 e. The SMILES string of the molecule is O=C(O)Cc1cc(NC(=O)NNc2ccccc2)nn1-c1ccccc1. The van der Waals surface area contributed by atoms with Gasteiger partial charge in [-0.15, -0.1) is 5.10 Å². The Morgan fingerprint density at radius 1 is 1.00 bits per heavy atom. The highest BCUT2D eigenvalue weighted by molar-refractivity contribution is 5.89. The summed E-state index contributed by atoms with van der Waals surface area (Å²) in [5, 5.41) is 15.9. The predicted octanol–water partition coefficient (Wildman–Crippen LogP) is 2.65. The second-order valence-corrected chi connectivity index (χ2v) is 5.41. The Morgan fingerprint density at radius 2 is 1.65 bits per heavy atom. The summed E-state index contributed by atoms with van der Waals surface area (Å²) in [5.41, 5.74) is 7.14. The van der Waals surface area contributed by atoms with Gasteiger partial charge in [-0.25, -0.2) is 9.48 Å². The van der Waals surface area contributed by atoms with Crippen molar-refractivity contribution >= 4 is 23.5 Å². The van der Waals surface area contributed by atoms with Crippen LogP contribution in [0.1, 0.15) is 5.69 Å². The van der Waals surface area contributed by atoms with Gasteiger partial charge in [0.15, 0.2) is 5.82 Å². The first kappa shape index (κ1) is 17.0. The molecule has 0 aliphatic heterocycles. The van der Waals surface area contributed by atoms with Gasteiger partial charge < -0.3 is 5.11 Å². The number of hydrogen-bond acceptors (Lipinski definition) is 4. The molecule has 0 atom stereocenters. The number of para-hydroxylation sites is 2. The van der Waals surface area contributed by atoms with Crippen LogP contribution in [0.4, 0.5) is 16.3 Å². The van der Waals surface area contributed by atoms with Crippen LogP contribution in [0.5, 0.6) is 0 Å². The highest BCUT2D eigenvalue weighted by Crippen LogP contribution is 2.16. The van der Waals surface area contributed by atoms with Crippen LogP contribution in [0.15, 0.2) is 66.7 Å². The number of anilines is 2. The molecule has 0 fully saturated rings. The lowest BCUT2D eigenvalue weighted by molar-refractivity contribution is -0.136. The second-order valence-electron chi connectivity index (χ2n) is 5.41.